The Morgan fingerprint density at radius 3 is 1.22 bits per heavy atom. The Morgan fingerprint density at radius 1 is 0.592 bits per heavy atom. The number of carbonyl (C=O) groups excluding carboxylic acids is 3. The van der Waals surface area contributed by atoms with Crippen molar-refractivity contribution in [1.29, 1.82) is 0 Å². The van der Waals surface area contributed by atoms with E-state index in [1.807, 2.05) is 100 Å². The average molecular weight is 1400 g/mol. The number of hydrogen-bond acceptors (Lipinski definition) is 18. The number of rotatable bonds is 15. The summed E-state index contributed by atoms with van der Waals surface area (Å²) in [7, 11) is 4.79. The maximum absolute atomic E-state index is 11.3. The minimum Gasteiger partial charge on any atom is -0.505 e. The molecule has 18 heteroatoms. The Labute approximate surface area is 601 Å². The van der Waals surface area contributed by atoms with Gasteiger partial charge < -0.3 is 71.1 Å². The van der Waals surface area contributed by atoms with Gasteiger partial charge in [-0.15, -0.1) is 0 Å². The summed E-state index contributed by atoms with van der Waals surface area (Å²) in [5.74, 6) is 6.04. The molecular formula is C80H148O18. The summed E-state index contributed by atoms with van der Waals surface area (Å²) in [4.78, 5) is 33.3. The number of ether oxygens (including phenoxy) is 15. The van der Waals surface area contributed by atoms with E-state index < -0.39 is 23.5 Å². The molecule has 4 aliphatic heterocycles. The number of methoxy groups -OCH3 is 3. The fraction of sp³-hybridized carbons (Fsp3) is 0.637. The maximum Gasteiger partial charge on any atom is 0.519 e. The topological polar surface area (TPSA) is 190 Å². The highest BCUT2D eigenvalue weighted by molar-refractivity contribution is 5.94. The zero-order valence-electron chi connectivity index (χ0n) is 66.4. The third-order valence-electron chi connectivity index (χ3n) is 10.4. The summed E-state index contributed by atoms with van der Waals surface area (Å²) in [6.45, 7) is 72.8. The number of Topliss-reactive ketones (excluding diaryl/α,β-unsaturated/α-hetero) is 1. The van der Waals surface area contributed by atoms with Gasteiger partial charge in [-0.1, -0.05) is 92.3 Å². The van der Waals surface area contributed by atoms with Crippen LogP contribution in [0.15, 0.2) is 160 Å². The van der Waals surface area contributed by atoms with Crippen LogP contribution in [0.4, 0.5) is 9.59 Å². The molecule has 0 saturated heterocycles. The van der Waals surface area contributed by atoms with Gasteiger partial charge in [0.25, 0.3) is 0 Å². The van der Waals surface area contributed by atoms with Crippen molar-refractivity contribution in [3.05, 3.63) is 160 Å². The van der Waals surface area contributed by atoms with Crippen molar-refractivity contribution >= 4 is 18.1 Å². The van der Waals surface area contributed by atoms with Crippen molar-refractivity contribution in [2.75, 3.05) is 74.2 Å². The Bertz CT molecular complexity index is 2060. The molecule has 1 aliphatic carbocycles. The van der Waals surface area contributed by atoms with Crippen LogP contribution in [0.1, 0.15) is 231 Å². The molecule has 18 nitrogen and oxygen atoms in total. The second kappa shape index (κ2) is 82.1. The minimum atomic E-state index is -1.06. The minimum absolute atomic E-state index is 0. The van der Waals surface area contributed by atoms with E-state index in [4.69, 9.17) is 47.4 Å². The summed E-state index contributed by atoms with van der Waals surface area (Å²) in [6.07, 6.45) is 32.8. The molecule has 0 spiro atoms. The second-order valence-corrected chi connectivity index (χ2v) is 24.3. The fourth-order valence-electron chi connectivity index (χ4n) is 5.97. The van der Waals surface area contributed by atoms with Crippen LogP contribution in [-0.4, -0.2) is 109 Å². The first kappa shape index (κ1) is 112. The van der Waals surface area contributed by atoms with E-state index in [0.717, 1.165) is 113 Å². The largest absolute Gasteiger partial charge is 0.519 e. The smallest absolute Gasteiger partial charge is 0.505 e. The fourth-order valence-corrected chi connectivity index (χ4v) is 5.97. The lowest BCUT2D eigenvalue weighted by Gasteiger charge is -2.27. The van der Waals surface area contributed by atoms with Crippen LogP contribution in [0.2, 0.25) is 0 Å². The molecule has 1 unspecified atom stereocenters. The van der Waals surface area contributed by atoms with Gasteiger partial charge in [-0.05, 0) is 231 Å². The molecule has 0 saturated carbocycles. The SMILES string of the molecule is C.C/C=C/OC.C/C=C/OCC.C1=COCC1.C1=COCCC1.C=C(C)OC.C=C(C)OCC.C=COC.C=COC(C)(C)C.C=COCC.C=COCC(C)C.CC(=O)C1=C(C)CCC(C(C)C)C1.CC(C)(C)OC(=O)OC(=O)OC(C)(C)C.CC1=CCCCO1.CC1=CCCO1. The van der Waals surface area contributed by atoms with Crippen LogP contribution in [0.3, 0.4) is 0 Å². The van der Waals surface area contributed by atoms with Gasteiger partial charge >= 0.3 is 12.3 Å². The molecule has 1 atom stereocenters. The molecule has 0 radical (unpaired) electrons. The van der Waals surface area contributed by atoms with Gasteiger partial charge in [-0.25, -0.2) is 9.59 Å². The van der Waals surface area contributed by atoms with Crippen molar-refractivity contribution in [2.45, 2.75) is 248 Å². The van der Waals surface area contributed by atoms with Crippen LogP contribution in [-0.2, 0) is 75.8 Å². The summed E-state index contributed by atoms with van der Waals surface area (Å²) >= 11 is 0. The Morgan fingerprint density at radius 2 is 1.06 bits per heavy atom. The molecule has 5 rings (SSSR count). The van der Waals surface area contributed by atoms with Gasteiger partial charge in [0.2, 0.25) is 0 Å². The van der Waals surface area contributed by atoms with Crippen LogP contribution < -0.4 is 0 Å². The molecule has 0 aromatic carbocycles. The highest BCUT2D eigenvalue weighted by Crippen LogP contribution is 2.34. The van der Waals surface area contributed by atoms with Crippen LogP contribution >= 0.6 is 0 Å². The van der Waals surface area contributed by atoms with E-state index in [-0.39, 0.29) is 18.8 Å². The number of hydrogen-bond donors (Lipinski definition) is 0. The van der Waals surface area contributed by atoms with Gasteiger partial charge in [0.05, 0.1) is 153 Å². The molecule has 0 N–H and O–H groups in total. The van der Waals surface area contributed by atoms with E-state index in [1.54, 1.807) is 102 Å². The van der Waals surface area contributed by atoms with Gasteiger partial charge in [-0.2, -0.15) is 0 Å². The van der Waals surface area contributed by atoms with Gasteiger partial charge in [0.1, 0.15) is 11.2 Å². The van der Waals surface area contributed by atoms with Gasteiger partial charge in [-0.3, -0.25) is 4.79 Å². The zero-order chi connectivity index (χ0) is 77.0. The predicted octanol–water partition coefficient (Wildman–Crippen LogP) is 23.2. The normalized spacial score (nSPS) is 13.7. The number of allylic oxidation sites excluding steroid dienone is 10. The van der Waals surface area contributed by atoms with E-state index in [9.17, 15) is 14.4 Å². The standard InChI is InChI=1S/C12H20O.C10H18O5.C6H10O.2C6H12O.2C5H8O.2C5H10O.C4H6O.3C4H8O.C3H6O.CH4/c1-8(2)11-6-5-9(3)12(7-11)10(4)13;1-9(2,3)14-7(11)13-8(12)15-10(4,5)6;1-6-4-2-3-5-7-6;1-5-7-6(2,3)4;1-4-7-5-6(2)3;1-5-3-2-4-6-5;1-2-4-6-5-3-1;1-4-6-5(2)3;1-3-5-6-4-2;1-2-4-5-3-1;1-4(2)5-3;1-3-4-5-2;1-3-5-4-2;1-3-4-2;/h8,11H,5-7H2,1-4H3;1-6H3;4H,2-3,5H2,1H3;5H,1H2,2-4H3;4,6H,1,5H2,2-3H3;3H,2,4H2,1H3;2,4H,1,3,5H2;2,4H2,1,3H3;3,5H,4H2,1-2H3;1,3H,2,4H2;1H2,2-3H3;3-4H,1-2H3;3H,1,4H2,2H3;3H,1H2,2H3;1H4/b;;;;;;;;5-3+;;;4-3+;;;. The molecule has 4 heterocycles. The zero-order valence-corrected chi connectivity index (χ0v) is 66.4. The summed E-state index contributed by atoms with van der Waals surface area (Å²) in [5, 5.41) is 0. The monoisotopic (exact) mass is 1400 g/mol. The van der Waals surface area contributed by atoms with E-state index in [2.05, 4.69) is 110 Å². The summed E-state index contributed by atoms with van der Waals surface area (Å²) in [5.41, 5.74) is 0.967. The van der Waals surface area contributed by atoms with E-state index in [1.165, 1.54) is 62.7 Å². The van der Waals surface area contributed by atoms with E-state index in [0.29, 0.717) is 11.8 Å². The van der Waals surface area contributed by atoms with Gasteiger partial charge in [0.15, 0.2) is 5.78 Å². The van der Waals surface area contributed by atoms with Crippen molar-refractivity contribution < 1.29 is 85.4 Å². The molecule has 0 amide bonds. The molecule has 0 fully saturated rings. The Balaban J connectivity index is -0.000000108. The Hall–Kier alpha value is -7.37. The van der Waals surface area contributed by atoms with Crippen molar-refractivity contribution in [3.63, 3.8) is 0 Å². The van der Waals surface area contributed by atoms with Crippen LogP contribution in [0, 0.1) is 17.8 Å². The molecule has 0 aromatic rings. The highest BCUT2D eigenvalue weighted by atomic mass is 16.8. The molecular weight excluding hydrogens is 1250 g/mol. The highest BCUT2D eigenvalue weighted by Gasteiger charge is 2.25. The number of ketones is 1. The molecule has 0 bridgehead atoms. The lowest BCUT2D eigenvalue weighted by molar-refractivity contribution is -0.114. The van der Waals surface area contributed by atoms with Crippen molar-refractivity contribution in [2.24, 2.45) is 17.8 Å². The first-order valence-electron chi connectivity index (χ1n) is 33.5. The lowest BCUT2D eigenvalue weighted by Crippen LogP contribution is -2.29. The third kappa shape index (κ3) is 122. The van der Waals surface area contributed by atoms with Crippen molar-refractivity contribution in [3.8, 4) is 0 Å². The molecule has 576 valence electrons. The molecule has 5 aliphatic rings. The number of carbonyl (C=O) groups is 3. The summed E-state index contributed by atoms with van der Waals surface area (Å²) in [6, 6.07) is 0. The van der Waals surface area contributed by atoms with Crippen LogP contribution in [0.25, 0.3) is 0 Å². The van der Waals surface area contributed by atoms with Crippen LogP contribution in [0.5, 0.6) is 0 Å². The second-order valence-electron chi connectivity index (χ2n) is 24.3. The molecule has 0 aromatic heterocycles. The quantitative estimate of drug-likeness (QED) is 0.0854. The Kier molecular flexibility index (Phi) is 93.8. The van der Waals surface area contributed by atoms with Crippen molar-refractivity contribution in [1.82, 2.24) is 0 Å². The first-order chi connectivity index (χ1) is 45.3. The van der Waals surface area contributed by atoms with E-state index >= 15 is 0 Å². The third-order valence-corrected chi connectivity index (χ3v) is 10.4. The van der Waals surface area contributed by atoms with Gasteiger partial charge in [0, 0.05) is 12.8 Å². The summed E-state index contributed by atoms with van der Waals surface area (Å²) < 4.78 is 71.1. The average Bonchev–Trinajstić information content (AvgIpc) is 1.01. The maximum atomic E-state index is 11.3. The first-order valence-corrected chi connectivity index (χ1v) is 33.5. The lowest BCUT2D eigenvalue weighted by atomic mass is 9.78. The molecule has 98 heavy (non-hydrogen) atoms. The predicted molar refractivity (Wildman–Crippen MR) is 411 cm³/mol.